The number of aryl methyl sites for hydroxylation is 1. The maximum absolute atomic E-state index is 5.68. The maximum atomic E-state index is 5.68. The minimum Gasteiger partial charge on any atom is -0.326 e. The van der Waals surface area contributed by atoms with E-state index in [1.807, 2.05) is 12.1 Å². The molecule has 96 valence electrons. The van der Waals surface area contributed by atoms with E-state index in [2.05, 4.69) is 36.6 Å². The Kier molecular flexibility index (Phi) is 3.46. The fourth-order valence-corrected chi connectivity index (χ4v) is 3.64. The van der Waals surface area contributed by atoms with Gasteiger partial charge in [0, 0.05) is 22.4 Å². The first-order chi connectivity index (χ1) is 9.26. The summed E-state index contributed by atoms with van der Waals surface area (Å²) in [5, 5.41) is 3.17. The van der Waals surface area contributed by atoms with E-state index in [1.165, 1.54) is 9.75 Å². The molecule has 0 saturated carbocycles. The van der Waals surface area contributed by atoms with Crippen LogP contribution in [0.3, 0.4) is 0 Å². The molecule has 2 heterocycles. The first-order valence-electron chi connectivity index (χ1n) is 6.08. The van der Waals surface area contributed by atoms with Crippen LogP contribution in [0.25, 0.3) is 21.1 Å². The smallest absolute Gasteiger partial charge is 0.124 e. The molecule has 0 fully saturated rings. The van der Waals surface area contributed by atoms with Crippen molar-refractivity contribution in [2.24, 2.45) is 5.73 Å². The Balaban J connectivity index is 1.96. The van der Waals surface area contributed by atoms with Gasteiger partial charge in [0.05, 0.1) is 10.6 Å². The van der Waals surface area contributed by atoms with Gasteiger partial charge in [0.2, 0.25) is 0 Å². The van der Waals surface area contributed by atoms with Crippen molar-refractivity contribution in [1.82, 2.24) is 4.98 Å². The molecule has 0 saturated heterocycles. The third-order valence-corrected chi connectivity index (χ3v) is 4.82. The predicted molar refractivity (Wildman–Crippen MR) is 83.5 cm³/mol. The second-order valence-corrected chi connectivity index (χ2v) is 6.50. The van der Waals surface area contributed by atoms with Crippen LogP contribution in [-0.2, 0) is 6.54 Å². The summed E-state index contributed by atoms with van der Waals surface area (Å²) in [6.45, 7) is 2.68. The number of hydrogen-bond donors (Lipinski definition) is 1. The van der Waals surface area contributed by atoms with E-state index < -0.39 is 0 Å². The van der Waals surface area contributed by atoms with Gasteiger partial charge < -0.3 is 5.73 Å². The molecule has 3 aromatic rings. The number of rotatable bonds is 3. The molecule has 2 nitrogen and oxygen atoms in total. The highest BCUT2D eigenvalue weighted by Gasteiger charge is 2.08. The van der Waals surface area contributed by atoms with Crippen LogP contribution in [0.1, 0.15) is 10.4 Å². The van der Waals surface area contributed by atoms with Crippen LogP contribution in [0.15, 0.2) is 41.8 Å². The first kappa shape index (κ1) is 12.5. The van der Waals surface area contributed by atoms with E-state index in [9.17, 15) is 0 Å². The summed E-state index contributed by atoms with van der Waals surface area (Å²) in [6.07, 6.45) is 0. The molecule has 0 unspecified atom stereocenters. The number of thiazole rings is 1. The molecular formula is C15H14N2S2. The minimum absolute atomic E-state index is 0.566. The standard InChI is InChI=1S/C15H14N2S2/c1-10-5-6-14(19-10)13-9-18-15(17-13)12-4-2-3-11(7-12)8-16/h2-7,9H,8,16H2,1H3. The van der Waals surface area contributed by atoms with Crippen molar-refractivity contribution < 1.29 is 0 Å². The lowest BCUT2D eigenvalue weighted by atomic mass is 10.1. The van der Waals surface area contributed by atoms with Crippen LogP contribution in [0.2, 0.25) is 0 Å². The third kappa shape index (κ3) is 2.61. The van der Waals surface area contributed by atoms with Crippen molar-refractivity contribution in [2.75, 3.05) is 0 Å². The summed E-state index contributed by atoms with van der Waals surface area (Å²) < 4.78 is 0. The predicted octanol–water partition coefficient (Wildman–Crippen LogP) is 4.31. The van der Waals surface area contributed by atoms with Crippen molar-refractivity contribution in [1.29, 1.82) is 0 Å². The number of hydrogen-bond acceptors (Lipinski definition) is 4. The topological polar surface area (TPSA) is 38.9 Å². The normalized spacial score (nSPS) is 10.8. The second-order valence-electron chi connectivity index (χ2n) is 4.35. The Morgan fingerprint density at radius 1 is 1.21 bits per heavy atom. The molecule has 0 aliphatic rings. The zero-order chi connectivity index (χ0) is 13.2. The van der Waals surface area contributed by atoms with E-state index in [0.29, 0.717) is 6.54 Å². The van der Waals surface area contributed by atoms with Crippen LogP contribution >= 0.6 is 22.7 Å². The molecule has 0 aliphatic heterocycles. The van der Waals surface area contributed by atoms with Gasteiger partial charge in [-0.2, -0.15) is 0 Å². The molecule has 3 rings (SSSR count). The van der Waals surface area contributed by atoms with Crippen LogP contribution in [0, 0.1) is 6.92 Å². The Morgan fingerprint density at radius 3 is 2.84 bits per heavy atom. The second kappa shape index (κ2) is 5.25. The monoisotopic (exact) mass is 286 g/mol. The van der Waals surface area contributed by atoms with Crippen molar-refractivity contribution in [3.63, 3.8) is 0 Å². The lowest BCUT2D eigenvalue weighted by Crippen LogP contribution is -1.95. The quantitative estimate of drug-likeness (QED) is 0.779. The number of benzene rings is 1. The molecule has 0 atom stereocenters. The zero-order valence-corrected chi connectivity index (χ0v) is 12.2. The van der Waals surface area contributed by atoms with Gasteiger partial charge in [0.15, 0.2) is 0 Å². The molecule has 0 bridgehead atoms. The lowest BCUT2D eigenvalue weighted by Gasteiger charge is -1.99. The van der Waals surface area contributed by atoms with Gasteiger partial charge >= 0.3 is 0 Å². The Hall–Kier alpha value is -1.49. The number of nitrogens with two attached hydrogens (primary N) is 1. The van der Waals surface area contributed by atoms with Crippen molar-refractivity contribution in [3.8, 4) is 21.1 Å². The molecule has 0 spiro atoms. The van der Waals surface area contributed by atoms with Crippen molar-refractivity contribution in [3.05, 3.63) is 52.2 Å². The third-order valence-electron chi connectivity index (χ3n) is 2.91. The van der Waals surface area contributed by atoms with Gasteiger partial charge in [-0.15, -0.1) is 22.7 Å². The summed E-state index contributed by atoms with van der Waals surface area (Å²) in [4.78, 5) is 7.27. The van der Waals surface area contributed by atoms with E-state index in [4.69, 9.17) is 10.7 Å². The first-order valence-corrected chi connectivity index (χ1v) is 7.77. The minimum atomic E-state index is 0.566. The van der Waals surface area contributed by atoms with Gasteiger partial charge in [-0.1, -0.05) is 18.2 Å². The van der Waals surface area contributed by atoms with E-state index >= 15 is 0 Å². The molecule has 19 heavy (non-hydrogen) atoms. The highest BCUT2D eigenvalue weighted by atomic mass is 32.1. The van der Waals surface area contributed by atoms with Crippen LogP contribution in [0.4, 0.5) is 0 Å². The summed E-state index contributed by atoms with van der Waals surface area (Å²) in [6, 6.07) is 12.5. The zero-order valence-electron chi connectivity index (χ0n) is 10.6. The molecular weight excluding hydrogens is 272 g/mol. The molecule has 0 aliphatic carbocycles. The fraction of sp³-hybridized carbons (Fsp3) is 0.133. The highest BCUT2D eigenvalue weighted by molar-refractivity contribution is 7.16. The SMILES string of the molecule is Cc1ccc(-c2csc(-c3cccc(CN)c3)n2)s1. The van der Waals surface area contributed by atoms with E-state index in [1.54, 1.807) is 22.7 Å². The number of aromatic nitrogens is 1. The Morgan fingerprint density at radius 2 is 2.11 bits per heavy atom. The fourth-order valence-electron chi connectivity index (χ4n) is 1.92. The number of nitrogens with zero attached hydrogens (tertiary/aromatic N) is 1. The molecule has 1 aromatic carbocycles. The Bertz CT molecular complexity index is 698. The molecule has 4 heteroatoms. The van der Waals surface area contributed by atoms with E-state index in [0.717, 1.165) is 21.8 Å². The van der Waals surface area contributed by atoms with Gasteiger partial charge in [-0.05, 0) is 30.7 Å². The van der Waals surface area contributed by atoms with Crippen LogP contribution in [-0.4, -0.2) is 4.98 Å². The highest BCUT2D eigenvalue weighted by Crippen LogP contribution is 2.32. The summed E-state index contributed by atoms with van der Waals surface area (Å²) in [5.41, 5.74) is 9.03. The van der Waals surface area contributed by atoms with Gasteiger partial charge in [0.25, 0.3) is 0 Å². The van der Waals surface area contributed by atoms with Crippen molar-refractivity contribution >= 4 is 22.7 Å². The average Bonchev–Trinajstić information content (AvgIpc) is 3.07. The molecule has 2 aromatic heterocycles. The number of thiophene rings is 1. The van der Waals surface area contributed by atoms with E-state index in [-0.39, 0.29) is 0 Å². The largest absolute Gasteiger partial charge is 0.326 e. The molecule has 0 radical (unpaired) electrons. The average molecular weight is 286 g/mol. The summed E-state index contributed by atoms with van der Waals surface area (Å²) >= 11 is 3.46. The Labute approximate surface area is 120 Å². The van der Waals surface area contributed by atoms with Crippen LogP contribution in [0.5, 0.6) is 0 Å². The van der Waals surface area contributed by atoms with Gasteiger partial charge in [-0.3, -0.25) is 0 Å². The summed E-state index contributed by atoms with van der Waals surface area (Å²) in [7, 11) is 0. The summed E-state index contributed by atoms with van der Waals surface area (Å²) in [5.74, 6) is 0. The van der Waals surface area contributed by atoms with Gasteiger partial charge in [0.1, 0.15) is 5.01 Å². The molecule has 2 N–H and O–H groups in total. The van der Waals surface area contributed by atoms with Crippen LogP contribution < -0.4 is 5.73 Å². The van der Waals surface area contributed by atoms with Crippen molar-refractivity contribution in [2.45, 2.75) is 13.5 Å². The lowest BCUT2D eigenvalue weighted by molar-refractivity contribution is 1.07. The maximum Gasteiger partial charge on any atom is 0.124 e. The van der Waals surface area contributed by atoms with Gasteiger partial charge in [-0.25, -0.2) is 4.98 Å². The molecule has 0 amide bonds.